The largest absolute Gasteiger partial charge is 0.0622 e. The fourth-order valence-electron chi connectivity index (χ4n) is 7.64. The highest BCUT2D eigenvalue weighted by molar-refractivity contribution is 7.85. The van der Waals surface area contributed by atoms with E-state index >= 15 is 0 Å². The van der Waals surface area contributed by atoms with Crippen molar-refractivity contribution < 1.29 is 0 Å². The standard InChI is InChI=1S/C30H24P2.C27H26P2/c1-5-15-25(16-6-1)31(26-17-7-2-8-18-26)29-23-13-14-24-30(29)32(27-19-9-3-10-20-27)28-21-11-4-12-22-28;1-5-14-24(15-6-1)28(25-16-7-2-8-17-25)22-13-23-29(26-18-9-3-10-19-26)27-20-11-4-12-21-27/h1-24H;1-12,14-21H,13,22-23H2. The van der Waals surface area contributed by atoms with E-state index in [4.69, 9.17) is 0 Å². The van der Waals surface area contributed by atoms with Crippen LogP contribution in [0, 0.1) is 0 Å². The molecule has 0 aliphatic rings. The van der Waals surface area contributed by atoms with Gasteiger partial charge in [-0.3, -0.25) is 0 Å². The summed E-state index contributed by atoms with van der Waals surface area (Å²) >= 11 is 0. The lowest BCUT2D eigenvalue weighted by atomic mass is 10.3. The summed E-state index contributed by atoms with van der Waals surface area (Å²) in [5.41, 5.74) is 0. The molecule has 9 aromatic carbocycles. The van der Waals surface area contributed by atoms with Crippen LogP contribution in [0.3, 0.4) is 0 Å². The maximum absolute atomic E-state index is 2.35. The Bertz CT molecular complexity index is 2250. The first-order valence-corrected chi connectivity index (χ1v) is 26.7. The normalized spacial score (nSPS) is 11.1. The summed E-state index contributed by atoms with van der Waals surface area (Å²) in [5.74, 6) is 0. The molecule has 0 fully saturated rings. The van der Waals surface area contributed by atoms with E-state index in [1.54, 1.807) is 0 Å². The summed E-state index contributed by atoms with van der Waals surface area (Å²) in [5, 5.41) is 14.4. The summed E-state index contributed by atoms with van der Waals surface area (Å²) in [7, 11) is -1.95. The van der Waals surface area contributed by atoms with Crippen molar-refractivity contribution in [3.05, 3.63) is 267 Å². The third kappa shape index (κ3) is 11.3. The van der Waals surface area contributed by atoms with E-state index in [0.29, 0.717) is 0 Å². The van der Waals surface area contributed by atoms with Crippen molar-refractivity contribution in [2.45, 2.75) is 6.42 Å². The van der Waals surface area contributed by atoms with Gasteiger partial charge in [-0.05, 0) is 103 Å². The number of benzene rings is 9. The van der Waals surface area contributed by atoms with E-state index in [1.165, 1.54) is 71.8 Å². The molecular weight excluding hydrogens is 809 g/mol. The smallest absolute Gasteiger partial charge is 0.00675 e. The van der Waals surface area contributed by atoms with Crippen molar-refractivity contribution in [2.75, 3.05) is 12.3 Å². The fourth-order valence-corrected chi connectivity index (χ4v) is 17.9. The molecule has 298 valence electrons. The maximum atomic E-state index is 2.35. The Hall–Kier alpha value is -5.30. The minimum Gasteiger partial charge on any atom is -0.0622 e. The molecule has 0 atom stereocenters. The molecule has 0 aromatic heterocycles. The topological polar surface area (TPSA) is 0 Å². The number of hydrogen-bond donors (Lipinski definition) is 0. The van der Waals surface area contributed by atoms with E-state index in [0.717, 1.165) is 0 Å². The zero-order valence-electron chi connectivity index (χ0n) is 34.3. The monoisotopic (exact) mass is 858 g/mol. The summed E-state index contributed by atoms with van der Waals surface area (Å²) in [6.07, 6.45) is 3.72. The molecule has 0 aliphatic carbocycles. The maximum Gasteiger partial charge on any atom is -0.00675 e. The Labute approximate surface area is 368 Å². The van der Waals surface area contributed by atoms with E-state index in [9.17, 15) is 0 Å². The highest BCUT2D eigenvalue weighted by Gasteiger charge is 2.25. The van der Waals surface area contributed by atoms with Gasteiger partial charge in [-0.1, -0.05) is 267 Å². The minimum atomic E-state index is -0.664. The summed E-state index contributed by atoms with van der Waals surface area (Å²) < 4.78 is 0. The zero-order chi connectivity index (χ0) is 41.3. The van der Waals surface area contributed by atoms with Crippen molar-refractivity contribution >= 4 is 84.7 Å². The Balaban J connectivity index is 0.000000169. The van der Waals surface area contributed by atoms with Crippen LogP contribution in [0.1, 0.15) is 6.42 Å². The van der Waals surface area contributed by atoms with Gasteiger partial charge in [0.1, 0.15) is 0 Å². The zero-order valence-corrected chi connectivity index (χ0v) is 37.9. The molecule has 4 heteroatoms. The Morgan fingerprint density at radius 3 is 0.590 bits per heavy atom. The molecule has 0 spiro atoms. The van der Waals surface area contributed by atoms with Crippen LogP contribution in [0.15, 0.2) is 267 Å². The second-order valence-corrected chi connectivity index (χ2v) is 23.5. The Morgan fingerprint density at radius 2 is 0.377 bits per heavy atom. The SMILES string of the molecule is c1ccc(P(CCCP(c2ccccc2)c2ccccc2)c2ccccc2)cc1.c1ccc(P(c2ccccc2)c2ccccc2P(c2ccccc2)c2ccccc2)cc1. The quantitative estimate of drug-likeness (QED) is 0.0956. The first-order valence-electron chi connectivity index (χ1n) is 21.0. The van der Waals surface area contributed by atoms with Crippen molar-refractivity contribution in [1.82, 2.24) is 0 Å². The molecular formula is C57H50P4. The molecule has 0 saturated heterocycles. The third-order valence-corrected chi connectivity index (χ3v) is 20.8. The summed E-state index contributed by atoms with van der Waals surface area (Å²) in [4.78, 5) is 0. The van der Waals surface area contributed by atoms with Crippen LogP contribution in [-0.4, -0.2) is 12.3 Å². The van der Waals surface area contributed by atoms with Crippen molar-refractivity contribution in [1.29, 1.82) is 0 Å². The highest BCUT2D eigenvalue weighted by atomic mass is 31.1. The van der Waals surface area contributed by atoms with E-state index in [1.807, 2.05) is 0 Å². The minimum absolute atomic E-state index is 0.309. The molecule has 9 rings (SSSR count). The lowest BCUT2D eigenvalue weighted by molar-refractivity contribution is 1.11. The highest BCUT2D eigenvalue weighted by Crippen LogP contribution is 2.40. The van der Waals surface area contributed by atoms with E-state index in [-0.39, 0.29) is 15.8 Å². The second kappa shape index (κ2) is 22.5. The molecule has 0 N–H and O–H groups in total. The predicted octanol–water partition coefficient (Wildman–Crippen LogP) is 10.8. The van der Waals surface area contributed by atoms with Gasteiger partial charge in [-0.15, -0.1) is 0 Å². The number of rotatable bonds is 14. The van der Waals surface area contributed by atoms with Crippen molar-refractivity contribution in [3.8, 4) is 0 Å². The third-order valence-electron chi connectivity index (χ3n) is 10.5. The predicted molar refractivity (Wildman–Crippen MR) is 276 cm³/mol. The van der Waals surface area contributed by atoms with Crippen LogP contribution in [0.25, 0.3) is 0 Å². The van der Waals surface area contributed by atoms with E-state index in [2.05, 4.69) is 267 Å². The van der Waals surface area contributed by atoms with Gasteiger partial charge in [0.2, 0.25) is 0 Å². The number of hydrogen-bond acceptors (Lipinski definition) is 0. The molecule has 0 heterocycles. The van der Waals surface area contributed by atoms with Gasteiger partial charge in [0.05, 0.1) is 0 Å². The first-order chi connectivity index (χ1) is 30.3. The average molecular weight is 859 g/mol. The van der Waals surface area contributed by atoms with Crippen LogP contribution in [0.5, 0.6) is 0 Å². The van der Waals surface area contributed by atoms with Crippen LogP contribution < -0.4 is 53.0 Å². The Morgan fingerprint density at radius 1 is 0.197 bits per heavy atom. The van der Waals surface area contributed by atoms with Crippen molar-refractivity contribution in [2.24, 2.45) is 0 Å². The molecule has 0 bridgehead atoms. The van der Waals surface area contributed by atoms with Gasteiger partial charge in [0.15, 0.2) is 0 Å². The van der Waals surface area contributed by atoms with E-state index < -0.39 is 15.8 Å². The van der Waals surface area contributed by atoms with Gasteiger partial charge in [0, 0.05) is 0 Å². The van der Waals surface area contributed by atoms with Crippen LogP contribution in [0.4, 0.5) is 0 Å². The lowest BCUT2D eigenvalue weighted by Gasteiger charge is -2.27. The molecule has 0 nitrogen and oxygen atoms in total. The second-order valence-electron chi connectivity index (χ2n) is 14.5. The lowest BCUT2D eigenvalue weighted by Crippen LogP contribution is -2.34. The Kier molecular flexibility index (Phi) is 15.6. The molecule has 9 aromatic rings. The molecule has 0 aliphatic heterocycles. The summed E-state index contributed by atoms with van der Waals surface area (Å²) in [6.45, 7) is 0. The van der Waals surface area contributed by atoms with Gasteiger partial charge in [0.25, 0.3) is 0 Å². The molecule has 0 radical (unpaired) electrons. The molecule has 0 saturated carbocycles. The molecule has 0 amide bonds. The van der Waals surface area contributed by atoms with Crippen LogP contribution in [0.2, 0.25) is 0 Å². The van der Waals surface area contributed by atoms with Gasteiger partial charge < -0.3 is 0 Å². The molecule has 61 heavy (non-hydrogen) atoms. The van der Waals surface area contributed by atoms with Gasteiger partial charge in [-0.2, -0.15) is 0 Å². The average Bonchev–Trinajstić information content (AvgIpc) is 3.35. The van der Waals surface area contributed by atoms with Crippen molar-refractivity contribution in [3.63, 3.8) is 0 Å². The first kappa shape index (κ1) is 42.4. The molecule has 0 unspecified atom stereocenters. The van der Waals surface area contributed by atoms with Crippen LogP contribution in [-0.2, 0) is 0 Å². The van der Waals surface area contributed by atoms with Crippen LogP contribution >= 0.6 is 31.7 Å². The fraction of sp³-hybridized carbons (Fsp3) is 0.0526. The summed E-state index contributed by atoms with van der Waals surface area (Å²) in [6, 6.07) is 97.3. The van der Waals surface area contributed by atoms with Gasteiger partial charge in [-0.25, -0.2) is 0 Å². The van der Waals surface area contributed by atoms with Gasteiger partial charge >= 0.3 is 0 Å².